The Kier molecular flexibility index (Phi) is 10.1. The van der Waals surface area contributed by atoms with Gasteiger partial charge in [0, 0.05) is 52.4 Å². The van der Waals surface area contributed by atoms with Gasteiger partial charge >= 0.3 is 0 Å². The third kappa shape index (κ3) is 8.55. The molecule has 0 aromatic heterocycles. The van der Waals surface area contributed by atoms with E-state index in [0.717, 1.165) is 37.3 Å². The Morgan fingerprint density at radius 3 is 1.30 bits per heavy atom. The number of ether oxygens (including phenoxy) is 2. The molecule has 0 atom stereocenters. The molecule has 0 amide bonds. The van der Waals surface area contributed by atoms with Crippen LogP contribution < -0.4 is 9.44 Å². The predicted octanol–water partition coefficient (Wildman–Crippen LogP) is 0.498. The highest BCUT2D eigenvalue weighted by molar-refractivity contribution is 7.89. The average molecular weight is 553 g/mol. The maximum Gasteiger partial charge on any atom is 0.240 e. The van der Waals surface area contributed by atoms with Crippen molar-refractivity contribution in [1.29, 1.82) is 0 Å². The number of hydrogen-bond donors (Lipinski definition) is 2. The van der Waals surface area contributed by atoms with Gasteiger partial charge in [-0.2, -0.15) is 0 Å². The molecular weight excluding hydrogens is 516 g/mol. The zero-order valence-corrected chi connectivity index (χ0v) is 22.6. The standard InChI is InChI=1S/C25H36N4O6S2/c30-36(31,26-9-11-28-13-17-34-18-14-28)24-5-1-22(2-6-24)21-23-3-7-25(8-4-23)37(32,33)27-10-12-29-15-19-35-20-16-29/h1-8,26-27H,9-21H2. The summed E-state index contributed by atoms with van der Waals surface area (Å²) in [5, 5.41) is 0. The third-order valence-corrected chi connectivity index (χ3v) is 9.48. The van der Waals surface area contributed by atoms with Gasteiger partial charge in [0.2, 0.25) is 20.0 Å². The van der Waals surface area contributed by atoms with Crippen molar-refractivity contribution < 1.29 is 26.3 Å². The Bertz CT molecular complexity index is 1100. The van der Waals surface area contributed by atoms with E-state index < -0.39 is 20.0 Å². The quantitative estimate of drug-likeness (QED) is 0.391. The minimum Gasteiger partial charge on any atom is -0.379 e. The summed E-state index contributed by atoms with van der Waals surface area (Å²) >= 11 is 0. The van der Waals surface area contributed by atoms with E-state index in [9.17, 15) is 16.8 Å². The Morgan fingerprint density at radius 1 is 0.595 bits per heavy atom. The van der Waals surface area contributed by atoms with Crippen LogP contribution in [0.1, 0.15) is 11.1 Å². The molecule has 0 unspecified atom stereocenters. The van der Waals surface area contributed by atoms with Crippen LogP contribution in [0.25, 0.3) is 0 Å². The SMILES string of the molecule is O=S(=O)(NCCN1CCOCC1)c1ccc(Cc2ccc(S(=O)(=O)NCCN3CCOCC3)cc2)cc1. The molecule has 2 aromatic rings. The average Bonchev–Trinajstić information content (AvgIpc) is 2.90. The fourth-order valence-electron chi connectivity index (χ4n) is 4.30. The first kappa shape index (κ1) is 28.1. The monoisotopic (exact) mass is 552 g/mol. The van der Waals surface area contributed by atoms with Gasteiger partial charge in [0.1, 0.15) is 0 Å². The first-order chi connectivity index (χ1) is 17.8. The highest BCUT2D eigenvalue weighted by atomic mass is 32.2. The maximum atomic E-state index is 12.6. The van der Waals surface area contributed by atoms with Crippen molar-refractivity contribution in [2.75, 3.05) is 78.8 Å². The highest BCUT2D eigenvalue weighted by Gasteiger charge is 2.17. The van der Waals surface area contributed by atoms with Crippen LogP contribution in [0.4, 0.5) is 0 Å². The molecule has 204 valence electrons. The van der Waals surface area contributed by atoms with E-state index in [-0.39, 0.29) is 9.79 Å². The summed E-state index contributed by atoms with van der Waals surface area (Å²) in [6, 6.07) is 13.5. The van der Waals surface area contributed by atoms with Crippen molar-refractivity contribution in [3.63, 3.8) is 0 Å². The molecule has 0 saturated carbocycles. The van der Waals surface area contributed by atoms with E-state index in [4.69, 9.17) is 9.47 Å². The van der Waals surface area contributed by atoms with E-state index in [1.807, 2.05) is 0 Å². The van der Waals surface area contributed by atoms with Gasteiger partial charge in [0.25, 0.3) is 0 Å². The summed E-state index contributed by atoms with van der Waals surface area (Å²) in [6.45, 7) is 7.97. The predicted molar refractivity (Wildman–Crippen MR) is 141 cm³/mol. The fraction of sp³-hybridized carbons (Fsp3) is 0.520. The summed E-state index contributed by atoms with van der Waals surface area (Å²) in [4.78, 5) is 4.80. The highest BCUT2D eigenvalue weighted by Crippen LogP contribution is 2.16. The molecule has 4 rings (SSSR count). The van der Waals surface area contributed by atoms with Gasteiger partial charge in [-0.15, -0.1) is 0 Å². The minimum absolute atomic E-state index is 0.225. The number of nitrogens with zero attached hydrogens (tertiary/aromatic N) is 2. The van der Waals surface area contributed by atoms with Crippen molar-refractivity contribution >= 4 is 20.0 Å². The Morgan fingerprint density at radius 2 is 0.946 bits per heavy atom. The summed E-state index contributed by atoms with van der Waals surface area (Å²) in [5.41, 5.74) is 1.87. The fourth-order valence-corrected chi connectivity index (χ4v) is 6.34. The van der Waals surface area contributed by atoms with E-state index >= 15 is 0 Å². The van der Waals surface area contributed by atoms with Crippen LogP contribution in [0.5, 0.6) is 0 Å². The summed E-state index contributed by atoms with van der Waals surface area (Å²) in [5.74, 6) is 0. The summed E-state index contributed by atoms with van der Waals surface area (Å²) in [6.07, 6.45) is 0.565. The first-order valence-electron chi connectivity index (χ1n) is 12.6. The van der Waals surface area contributed by atoms with E-state index in [2.05, 4.69) is 19.2 Å². The van der Waals surface area contributed by atoms with Crippen LogP contribution in [0, 0.1) is 0 Å². The van der Waals surface area contributed by atoms with Crippen molar-refractivity contribution in [2.24, 2.45) is 0 Å². The maximum absolute atomic E-state index is 12.6. The smallest absolute Gasteiger partial charge is 0.240 e. The van der Waals surface area contributed by atoms with Gasteiger partial charge in [0.05, 0.1) is 36.2 Å². The summed E-state index contributed by atoms with van der Waals surface area (Å²) < 4.78 is 66.4. The number of nitrogens with one attached hydrogen (secondary N) is 2. The van der Waals surface area contributed by atoms with Gasteiger partial charge in [-0.3, -0.25) is 9.80 Å². The lowest BCUT2D eigenvalue weighted by molar-refractivity contribution is 0.0389. The molecule has 2 aromatic carbocycles. The normalized spacial score (nSPS) is 18.2. The van der Waals surface area contributed by atoms with Gasteiger partial charge < -0.3 is 9.47 Å². The lowest BCUT2D eigenvalue weighted by Crippen LogP contribution is -2.41. The second-order valence-corrected chi connectivity index (χ2v) is 12.7. The number of rotatable bonds is 12. The van der Waals surface area contributed by atoms with Crippen LogP contribution in [0.3, 0.4) is 0 Å². The van der Waals surface area contributed by atoms with E-state index in [0.29, 0.717) is 59.0 Å². The number of benzene rings is 2. The van der Waals surface area contributed by atoms with Crippen LogP contribution >= 0.6 is 0 Å². The Hall–Kier alpha value is -1.90. The van der Waals surface area contributed by atoms with E-state index in [1.165, 1.54) is 0 Å². The molecule has 2 saturated heterocycles. The molecule has 0 aliphatic carbocycles. The third-order valence-electron chi connectivity index (χ3n) is 6.52. The van der Waals surface area contributed by atoms with Gasteiger partial charge in [0.15, 0.2) is 0 Å². The van der Waals surface area contributed by atoms with Gasteiger partial charge in [-0.1, -0.05) is 24.3 Å². The summed E-state index contributed by atoms with van der Waals surface area (Å²) in [7, 11) is -7.16. The second-order valence-electron chi connectivity index (χ2n) is 9.17. The Labute approximate surface area is 220 Å². The molecule has 2 N–H and O–H groups in total. The lowest BCUT2D eigenvalue weighted by atomic mass is 10.1. The van der Waals surface area contributed by atoms with Crippen LogP contribution in [-0.2, 0) is 35.9 Å². The Balaban J connectivity index is 1.26. The number of morpholine rings is 2. The molecule has 0 spiro atoms. The molecule has 0 bridgehead atoms. The molecular formula is C25H36N4O6S2. The van der Waals surface area contributed by atoms with Crippen LogP contribution in [0.15, 0.2) is 58.3 Å². The molecule has 2 heterocycles. The van der Waals surface area contributed by atoms with Crippen LogP contribution in [0.2, 0.25) is 0 Å². The number of hydrogen-bond acceptors (Lipinski definition) is 8. The van der Waals surface area contributed by atoms with Crippen molar-refractivity contribution in [3.8, 4) is 0 Å². The molecule has 12 heteroatoms. The first-order valence-corrected chi connectivity index (χ1v) is 15.6. The largest absolute Gasteiger partial charge is 0.379 e. The molecule has 2 fully saturated rings. The zero-order valence-electron chi connectivity index (χ0n) is 21.0. The van der Waals surface area contributed by atoms with E-state index in [1.54, 1.807) is 48.5 Å². The van der Waals surface area contributed by atoms with Crippen molar-refractivity contribution in [2.45, 2.75) is 16.2 Å². The van der Waals surface area contributed by atoms with Crippen molar-refractivity contribution in [1.82, 2.24) is 19.2 Å². The molecule has 2 aliphatic heterocycles. The molecule has 10 nitrogen and oxygen atoms in total. The second kappa shape index (κ2) is 13.3. The number of sulfonamides is 2. The zero-order chi connectivity index (χ0) is 26.1. The van der Waals surface area contributed by atoms with Crippen LogP contribution in [-0.4, -0.2) is 105 Å². The molecule has 0 radical (unpaired) electrons. The van der Waals surface area contributed by atoms with Crippen molar-refractivity contribution in [3.05, 3.63) is 59.7 Å². The van der Waals surface area contributed by atoms with Gasteiger partial charge in [-0.25, -0.2) is 26.3 Å². The molecule has 2 aliphatic rings. The molecule has 37 heavy (non-hydrogen) atoms. The topological polar surface area (TPSA) is 117 Å². The lowest BCUT2D eigenvalue weighted by Gasteiger charge is -2.26. The minimum atomic E-state index is -3.58. The van der Waals surface area contributed by atoms with Gasteiger partial charge in [-0.05, 0) is 41.8 Å².